The Morgan fingerprint density at radius 3 is 1.94 bits per heavy atom. The molecule has 2 rings (SSSR count). The zero-order valence-corrected chi connectivity index (χ0v) is 17.5. The van der Waals surface area contributed by atoms with Crippen LogP contribution in [0.25, 0.3) is 0 Å². The van der Waals surface area contributed by atoms with E-state index in [-0.39, 0.29) is 16.1 Å². The fourth-order valence-electron chi connectivity index (χ4n) is 2.55. The lowest BCUT2D eigenvalue weighted by Gasteiger charge is -2.27. The minimum atomic E-state index is -6.21. The minimum Gasteiger partial charge on any atom is -0.406 e. The third-order valence-corrected chi connectivity index (χ3v) is 5.34. The van der Waals surface area contributed by atoms with Crippen molar-refractivity contribution in [1.29, 1.82) is 0 Å². The molecule has 0 heterocycles. The van der Waals surface area contributed by atoms with Gasteiger partial charge in [-0.2, -0.15) is 21.6 Å². The van der Waals surface area contributed by atoms with Crippen molar-refractivity contribution in [3.05, 3.63) is 62.7 Å². The predicted molar refractivity (Wildman–Crippen MR) is 99.0 cm³/mol. The highest BCUT2D eigenvalue weighted by Gasteiger charge is 2.48. The average Bonchev–Trinajstić information content (AvgIpc) is 2.58. The van der Waals surface area contributed by atoms with Crippen molar-refractivity contribution in [2.45, 2.75) is 31.1 Å². The van der Waals surface area contributed by atoms with Gasteiger partial charge in [0.25, 0.3) is 5.69 Å². The minimum absolute atomic E-state index is 0.0884. The van der Waals surface area contributed by atoms with Crippen LogP contribution in [0, 0.1) is 10.1 Å². The van der Waals surface area contributed by atoms with E-state index in [0.717, 1.165) is 24.3 Å². The van der Waals surface area contributed by atoms with E-state index in [4.69, 9.17) is 11.6 Å². The van der Waals surface area contributed by atoms with Gasteiger partial charge in [0.05, 0.1) is 4.92 Å². The SMILES string of the molecule is CC(C)(c1cc(OC(F)(F)F)cc(OS(=O)(=O)C(F)(F)F)c1)c1cc(Cl)cc([N+](=O)[O-])c1. The van der Waals surface area contributed by atoms with Crippen LogP contribution in [0.4, 0.5) is 32.0 Å². The Kier molecular flexibility index (Phi) is 6.63. The summed E-state index contributed by atoms with van der Waals surface area (Å²) in [4.78, 5) is 10.3. The van der Waals surface area contributed by atoms with E-state index in [1.165, 1.54) is 19.9 Å². The van der Waals surface area contributed by atoms with Crippen LogP contribution in [0.2, 0.25) is 5.02 Å². The fourth-order valence-corrected chi connectivity index (χ4v) is 3.23. The molecular weight excluding hydrogens is 496 g/mol. The lowest BCUT2D eigenvalue weighted by molar-refractivity contribution is -0.384. The number of hydrogen-bond acceptors (Lipinski definition) is 6. The smallest absolute Gasteiger partial charge is 0.406 e. The van der Waals surface area contributed by atoms with Gasteiger partial charge in [0, 0.05) is 28.6 Å². The maximum Gasteiger partial charge on any atom is 0.573 e. The van der Waals surface area contributed by atoms with Crippen LogP contribution in [-0.2, 0) is 15.5 Å². The Morgan fingerprint density at radius 1 is 0.906 bits per heavy atom. The van der Waals surface area contributed by atoms with E-state index in [2.05, 4.69) is 8.92 Å². The van der Waals surface area contributed by atoms with Crippen LogP contribution < -0.4 is 8.92 Å². The van der Waals surface area contributed by atoms with Gasteiger partial charge in [0.2, 0.25) is 0 Å². The van der Waals surface area contributed by atoms with Crippen LogP contribution >= 0.6 is 11.6 Å². The van der Waals surface area contributed by atoms with Gasteiger partial charge in [-0.05, 0) is 29.3 Å². The average molecular weight is 508 g/mol. The van der Waals surface area contributed by atoms with Gasteiger partial charge in [-0.15, -0.1) is 13.2 Å². The maximum absolute atomic E-state index is 12.7. The quantitative estimate of drug-likeness (QED) is 0.164. The van der Waals surface area contributed by atoms with Crippen molar-refractivity contribution in [2.24, 2.45) is 0 Å². The molecule has 0 aliphatic carbocycles. The number of nitro benzene ring substituents is 1. The molecule has 0 unspecified atom stereocenters. The Hall–Kier alpha value is -2.74. The molecule has 32 heavy (non-hydrogen) atoms. The van der Waals surface area contributed by atoms with Crippen LogP contribution in [-0.4, -0.2) is 25.2 Å². The summed E-state index contributed by atoms with van der Waals surface area (Å²) >= 11 is 5.87. The third kappa shape index (κ3) is 5.94. The van der Waals surface area contributed by atoms with Crippen molar-refractivity contribution in [1.82, 2.24) is 0 Å². The van der Waals surface area contributed by atoms with E-state index in [1.807, 2.05) is 0 Å². The molecule has 0 aliphatic heterocycles. The number of benzene rings is 2. The second kappa shape index (κ2) is 8.31. The van der Waals surface area contributed by atoms with Crippen LogP contribution in [0.5, 0.6) is 11.5 Å². The van der Waals surface area contributed by atoms with Gasteiger partial charge in [0.15, 0.2) is 0 Å². The van der Waals surface area contributed by atoms with Crippen LogP contribution in [0.15, 0.2) is 36.4 Å². The standard InChI is InChI=1S/C17H12ClF6NO6S/c1-15(2,9-3-11(18)7-12(4-9)25(26)27)10-5-13(30-16(19,20)21)8-14(6-10)31-32(28,29)17(22,23)24/h3-8H,1-2H3. The predicted octanol–water partition coefficient (Wildman–Crippen LogP) is 5.70. The largest absolute Gasteiger partial charge is 0.573 e. The third-order valence-electron chi connectivity index (χ3n) is 4.14. The van der Waals surface area contributed by atoms with Crippen molar-refractivity contribution in [3.63, 3.8) is 0 Å². The molecule has 0 aliphatic rings. The fraction of sp³-hybridized carbons (Fsp3) is 0.294. The highest BCUT2D eigenvalue weighted by Crippen LogP contribution is 2.40. The normalized spacial score (nSPS) is 13.0. The Labute approximate surface area is 181 Å². The first kappa shape index (κ1) is 25.5. The lowest BCUT2D eigenvalue weighted by Crippen LogP contribution is -2.28. The number of alkyl halides is 6. The van der Waals surface area contributed by atoms with Crippen molar-refractivity contribution in [3.8, 4) is 11.5 Å². The molecule has 0 aromatic heterocycles. The molecule has 0 saturated heterocycles. The molecule has 0 bridgehead atoms. The molecule has 0 saturated carbocycles. The van der Waals surface area contributed by atoms with Crippen molar-refractivity contribution >= 4 is 27.4 Å². The summed E-state index contributed by atoms with van der Waals surface area (Å²) in [6, 6.07) is 5.12. The van der Waals surface area contributed by atoms with E-state index in [0.29, 0.717) is 6.07 Å². The molecular formula is C17H12ClF6NO6S. The number of nitrogens with zero attached hydrogens (tertiary/aromatic N) is 1. The summed E-state index contributed by atoms with van der Waals surface area (Å²) in [5.41, 5.74) is -7.87. The van der Waals surface area contributed by atoms with Gasteiger partial charge in [-0.1, -0.05) is 25.4 Å². The number of hydrogen-bond donors (Lipinski definition) is 0. The first-order chi connectivity index (χ1) is 14.3. The molecule has 15 heteroatoms. The molecule has 0 spiro atoms. The summed E-state index contributed by atoms with van der Waals surface area (Å²) in [5.74, 6) is -2.20. The molecule has 0 N–H and O–H groups in total. The second-order valence-corrected chi connectivity index (χ2v) is 8.78. The van der Waals surface area contributed by atoms with Crippen LogP contribution in [0.1, 0.15) is 25.0 Å². The number of ether oxygens (including phenoxy) is 1. The summed E-state index contributed by atoms with van der Waals surface area (Å²) in [5, 5.41) is 11.0. The molecule has 0 atom stereocenters. The zero-order chi connectivity index (χ0) is 24.7. The molecule has 2 aromatic rings. The Bertz CT molecular complexity index is 1150. The molecule has 0 radical (unpaired) electrons. The zero-order valence-electron chi connectivity index (χ0n) is 15.9. The molecule has 2 aromatic carbocycles. The van der Waals surface area contributed by atoms with Gasteiger partial charge in [0.1, 0.15) is 11.5 Å². The summed E-state index contributed by atoms with van der Waals surface area (Å²) in [6.45, 7) is 2.72. The summed E-state index contributed by atoms with van der Waals surface area (Å²) in [7, 11) is -6.21. The van der Waals surface area contributed by atoms with E-state index >= 15 is 0 Å². The monoisotopic (exact) mass is 507 g/mol. The van der Waals surface area contributed by atoms with Crippen molar-refractivity contribution < 1.29 is 48.6 Å². The number of nitro groups is 1. The van der Waals surface area contributed by atoms with Gasteiger partial charge in [-0.3, -0.25) is 10.1 Å². The highest BCUT2D eigenvalue weighted by molar-refractivity contribution is 7.88. The first-order valence-electron chi connectivity index (χ1n) is 8.19. The summed E-state index contributed by atoms with van der Waals surface area (Å²) < 4.78 is 106. The number of rotatable bonds is 6. The van der Waals surface area contributed by atoms with Gasteiger partial charge >= 0.3 is 22.0 Å². The Morgan fingerprint density at radius 2 is 1.44 bits per heavy atom. The summed E-state index contributed by atoms with van der Waals surface area (Å²) in [6.07, 6.45) is -5.27. The molecule has 176 valence electrons. The second-order valence-electron chi connectivity index (χ2n) is 6.80. The van der Waals surface area contributed by atoms with E-state index in [1.54, 1.807) is 0 Å². The topological polar surface area (TPSA) is 95.7 Å². The Balaban J connectivity index is 2.68. The highest BCUT2D eigenvalue weighted by atomic mass is 35.5. The van der Waals surface area contributed by atoms with Gasteiger partial charge in [-0.25, -0.2) is 0 Å². The number of non-ortho nitro benzene ring substituents is 1. The first-order valence-corrected chi connectivity index (χ1v) is 9.98. The van der Waals surface area contributed by atoms with Gasteiger partial charge < -0.3 is 8.92 Å². The van der Waals surface area contributed by atoms with E-state index < -0.39 is 49.5 Å². The number of halogens is 7. The lowest BCUT2D eigenvalue weighted by atomic mass is 9.78. The maximum atomic E-state index is 12.7. The van der Waals surface area contributed by atoms with E-state index in [9.17, 15) is 44.9 Å². The molecule has 0 amide bonds. The molecule has 7 nitrogen and oxygen atoms in total. The van der Waals surface area contributed by atoms with Crippen molar-refractivity contribution in [2.75, 3.05) is 0 Å². The van der Waals surface area contributed by atoms with Crippen LogP contribution in [0.3, 0.4) is 0 Å². The molecule has 0 fully saturated rings.